The number of rotatable bonds is 78. The lowest BCUT2D eigenvalue weighted by Crippen LogP contribution is -2.30. The summed E-state index contributed by atoms with van der Waals surface area (Å²) in [5, 5.41) is 10.6. The van der Waals surface area contributed by atoms with E-state index < -0.39 is 97.5 Å². The molecule has 0 aliphatic heterocycles. The van der Waals surface area contributed by atoms with Crippen molar-refractivity contribution in [3.63, 3.8) is 0 Å². The molecule has 0 saturated carbocycles. The Balaban J connectivity index is 5.29. The van der Waals surface area contributed by atoms with E-state index in [0.29, 0.717) is 25.7 Å². The van der Waals surface area contributed by atoms with Gasteiger partial charge in [0, 0.05) is 25.7 Å². The lowest BCUT2D eigenvalue weighted by atomic mass is 10.0. The Labute approximate surface area is 605 Å². The van der Waals surface area contributed by atoms with Crippen molar-refractivity contribution in [2.45, 2.75) is 419 Å². The van der Waals surface area contributed by atoms with E-state index in [1.165, 1.54) is 205 Å². The fourth-order valence-electron chi connectivity index (χ4n) is 11.9. The van der Waals surface area contributed by atoms with Gasteiger partial charge in [0.2, 0.25) is 0 Å². The van der Waals surface area contributed by atoms with Crippen LogP contribution in [0.15, 0.2) is 24.3 Å². The normalized spacial score (nSPS) is 14.0. The zero-order chi connectivity index (χ0) is 72.7. The maximum atomic E-state index is 13.1. The number of esters is 4. The zero-order valence-electron chi connectivity index (χ0n) is 64.1. The van der Waals surface area contributed by atoms with E-state index >= 15 is 0 Å². The summed E-state index contributed by atoms with van der Waals surface area (Å²) in [6, 6.07) is 0. The van der Waals surface area contributed by atoms with E-state index in [1.54, 1.807) is 0 Å². The fourth-order valence-corrected chi connectivity index (χ4v) is 13.4. The number of carbonyl (C=O) groups excluding carboxylic acids is 4. The first kappa shape index (κ1) is 96.5. The van der Waals surface area contributed by atoms with Gasteiger partial charge in [-0.25, -0.2) is 9.13 Å². The zero-order valence-corrected chi connectivity index (χ0v) is 65.9. The van der Waals surface area contributed by atoms with Crippen molar-refractivity contribution >= 4 is 39.5 Å². The maximum Gasteiger partial charge on any atom is 0.472 e. The molecule has 0 fully saturated rings. The predicted molar refractivity (Wildman–Crippen MR) is 404 cm³/mol. The molecule has 3 N–H and O–H groups in total. The average molecular weight is 1450 g/mol. The molecule has 0 radical (unpaired) electrons. The van der Waals surface area contributed by atoms with E-state index in [9.17, 15) is 43.2 Å². The summed E-state index contributed by atoms with van der Waals surface area (Å²) in [7, 11) is -9.93. The number of carbonyl (C=O) groups is 4. The van der Waals surface area contributed by atoms with Gasteiger partial charge in [0.25, 0.3) is 0 Å². The van der Waals surface area contributed by atoms with Crippen LogP contribution >= 0.6 is 15.6 Å². The van der Waals surface area contributed by atoms with Crippen LogP contribution < -0.4 is 0 Å². The van der Waals surface area contributed by atoms with E-state index in [4.69, 9.17) is 37.0 Å². The minimum atomic E-state index is -4.97. The van der Waals surface area contributed by atoms with Crippen LogP contribution in [-0.2, 0) is 65.4 Å². The number of phosphoric acid groups is 2. The van der Waals surface area contributed by atoms with Crippen LogP contribution in [0.4, 0.5) is 0 Å². The van der Waals surface area contributed by atoms with E-state index in [0.717, 1.165) is 115 Å². The molecule has 0 heterocycles. The topological polar surface area (TPSA) is 237 Å². The van der Waals surface area contributed by atoms with E-state index in [2.05, 4.69) is 58.9 Å². The number of unbranched alkanes of at least 4 members (excludes halogenated alkanes) is 47. The van der Waals surface area contributed by atoms with Gasteiger partial charge in [-0.15, -0.1) is 0 Å². The molecule has 0 aliphatic rings. The first-order valence-corrected chi connectivity index (χ1v) is 43.9. The van der Waals surface area contributed by atoms with Crippen LogP contribution in [-0.4, -0.2) is 96.7 Å². The van der Waals surface area contributed by atoms with Gasteiger partial charge in [0.05, 0.1) is 26.4 Å². The van der Waals surface area contributed by atoms with Crippen molar-refractivity contribution in [1.82, 2.24) is 0 Å². The van der Waals surface area contributed by atoms with Gasteiger partial charge in [-0.1, -0.05) is 348 Å². The molecule has 0 bridgehead atoms. The van der Waals surface area contributed by atoms with Crippen LogP contribution in [0.1, 0.15) is 401 Å². The van der Waals surface area contributed by atoms with Gasteiger partial charge < -0.3 is 33.8 Å². The predicted octanol–water partition coefficient (Wildman–Crippen LogP) is 23.6. The SMILES string of the molecule is CCCCCC/C=C\C=C/CCCCCCCC(=O)OC[C@H](COP(=O)(O)OC[C@@H](O)COP(=O)(O)OC[C@@H](COC(=O)CCCCCCCCCCCCCC)OC(=O)CCCCCCCCCCCCCCCC)OC(=O)CCCCCCCCCCCCCCCCCC(C)C. The third kappa shape index (κ3) is 73.6. The molecule has 0 saturated heterocycles. The minimum absolute atomic E-state index is 0.101. The first-order valence-electron chi connectivity index (χ1n) is 41.0. The van der Waals surface area contributed by atoms with Crippen LogP contribution in [0.5, 0.6) is 0 Å². The Morgan fingerprint density at radius 2 is 0.545 bits per heavy atom. The molecule has 17 nitrogen and oxygen atoms in total. The summed E-state index contributed by atoms with van der Waals surface area (Å²) < 4.78 is 68.7. The minimum Gasteiger partial charge on any atom is -0.462 e. The number of aliphatic hydroxyl groups excluding tert-OH is 1. The molecule has 0 aromatic rings. The Morgan fingerprint density at radius 1 is 0.313 bits per heavy atom. The van der Waals surface area contributed by atoms with Crippen molar-refractivity contribution in [2.24, 2.45) is 5.92 Å². The van der Waals surface area contributed by atoms with Gasteiger partial charge >= 0.3 is 39.5 Å². The molecular weight excluding hydrogens is 1290 g/mol. The van der Waals surface area contributed by atoms with E-state index in [1.807, 2.05) is 0 Å². The third-order valence-electron chi connectivity index (χ3n) is 18.2. The number of ether oxygens (including phenoxy) is 4. The molecule has 0 rings (SSSR count). The smallest absolute Gasteiger partial charge is 0.462 e. The largest absolute Gasteiger partial charge is 0.472 e. The molecule has 5 atom stereocenters. The Kier molecular flexibility index (Phi) is 70.7. The van der Waals surface area contributed by atoms with Crippen molar-refractivity contribution in [3.8, 4) is 0 Å². The number of hydrogen-bond donors (Lipinski definition) is 3. The number of phosphoric ester groups is 2. The summed E-state index contributed by atoms with van der Waals surface area (Å²) in [5.74, 6) is -1.34. The van der Waals surface area contributed by atoms with Gasteiger partial charge in [-0.2, -0.15) is 0 Å². The molecule has 19 heteroatoms. The van der Waals surface area contributed by atoms with Gasteiger partial charge in [0.1, 0.15) is 19.3 Å². The number of aliphatic hydroxyl groups is 1. The van der Waals surface area contributed by atoms with Crippen LogP contribution in [0.25, 0.3) is 0 Å². The quantitative estimate of drug-likeness (QED) is 0.0169. The molecule has 0 aromatic carbocycles. The molecular formula is C80H152O17P2. The summed E-state index contributed by atoms with van der Waals surface area (Å²) in [6.07, 6.45) is 65.8. The van der Waals surface area contributed by atoms with Crippen molar-refractivity contribution in [1.29, 1.82) is 0 Å². The van der Waals surface area contributed by atoms with Gasteiger partial charge in [0.15, 0.2) is 12.2 Å². The van der Waals surface area contributed by atoms with Crippen LogP contribution in [0.2, 0.25) is 0 Å². The molecule has 2 unspecified atom stereocenters. The fraction of sp³-hybridized carbons (Fsp3) is 0.900. The van der Waals surface area contributed by atoms with Gasteiger partial charge in [-0.05, 0) is 57.3 Å². The van der Waals surface area contributed by atoms with Crippen LogP contribution in [0, 0.1) is 5.92 Å². The average Bonchev–Trinajstić information content (AvgIpc) is 1.50. The first-order chi connectivity index (χ1) is 48.0. The maximum absolute atomic E-state index is 13.1. The number of hydrogen-bond acceptors (Lipinski definition) is 15. The molecule has 0 amide bonds. The van der Waals surface area contributed by atoms with E-state index in [-0.39, 0.29) is 25.7 Å². The van der Waals surface area contributed by atoms with Crippen molar-refractivity contribution in [2.75, 3.05) is 39.6 Å². The van der Waals surface area contributed by atoms with Gasteiger partial charge in [-0.3, -0.25) is 37.3 Å². The number of allylic oxidation sites excluding steroid dienone is 4. The summed E-state index contributed by atoms with van der Waals surface area (Å²) >= 11 is 0. The Hall–Kier alpha value is -2.46. The molecule has 584 valence electrons. The summed E-state index contributed by atoms with van der Waals surface area (Å²) in [4.78, 5) is 73.0. The molecule has 0 aromatic heterocycles. The van der Waals surface area contributed by atoms with Crippen LogP contribution in [0.3, 0.4) is 0 Å². The highest BCUT2D eigenvalue weighted by Crippen LogP contribution is 2.45. The lowest BCUT2D eigenvalue weighted by molar-refractivity contribution is -0.161. The Morgan fingerprint density at radius 3 is 0.828 bits per heavy atom. The molecule has 0 spiro atoms. The summed E-state index contributed by atoms with van der Waals surface area (Å²) in [5.41, 5.74) is 0. The monoisotopic (exact) mass is 1450 g/mol. The van der Waals surface area contributed by atoms with Crippen molar-refractivity contribution < 1.29 is 80.2 Å². The second kappa shape index (κ2) is 72.5. The molecule has 0 aliphatic carbocycles. The highest BCUT2D eigenvalue weighted by Gasteiger charge is 2.30. The summed E-state index contributed by atoms with van der Waals surface area (Å²) in [6.45, 7) is 7.29. The molecule has 99 heavy (non-hydrogen) atoms. The Bertz CT molecular complexity index is 1990. The second-order valence-electron chi connectivity index (χ2n) is 28.6. The highest BCUT2D eigenvalue weighted by molar-refractivity contribution is 7.47. The third-order valence-corrected chi connectivity index (χ3v) is 20.1. The van der Waals surface area contributed by atoms with Crippen molar-refractivity contribution in [3.05, 3.63) is 24.3 Å². The second-order valence-corrected chi connectivity index (χ2v) is 31.5. The highest BCUT2D eigenvalue weighted by atomic mass is 31.2. The lowest BCUT2D eigenvalue weighted by Gasteiger charge is -2.21. The standard InChI is InChI=1S/C80H152O17P2/c1-6-9-12-15-18-21-24-27-30-35-39-44-49-54-59-64-78(83)91-70-76(97-80(85)66-61-56-51-46-41-36-32-29-31-33-37-42-47-52-57-62-73(4)5)72-95-99(88,89)93-68-74(81)67-92-98(86,87)94-71-75(69-90-77(82)63-58-53-48-43-38-26-23-20-17-14-11-8-3)96-79(84)65-60-55-50-45-40-34-28-25-22-19-16-13-10-7-2/h21,24,27,30,73-76,81H,6-20,22-23,25-26,28-29,31-72H2,1-5H3,(H,86,87)(H,88,89)/b24-21-,30-27-/t74-,75+,76+/m0/s1.